The molecule has 1 fully saturated rings. The van der Waals surface area contributed by atoms with Crippen molar-refractivity contribution in [3.05, 3.63) is 24.3 Å². The van der Waals surface area contributed by atoms with Crippen LogP contribution in [0, 0.1) is 0 Å². The van der Waals surface area contributed by atoms with E-state index in [0.29, 0.717) is 25.4 Å². The molecule has 0 N–H and O–H groups in total. The van der Waals surface area contributed by atoms with Crippen LogP contribution in [-0.4, -0.2) is 50.0 Å². The maximum atomic E-state index is 5.77. The van der Waals surface area contributed by atoms with Gasteiger partial charge in [-0.05, 0) is 45.0 Å². The zero-order valence-electron chi connectivity index (χ0n) is 12.7. The summed E-state index contributed by atoms with van der Waals surface area (Å²) in [6.07, 6.45) is 0.619. The van der Waals surface area contributed by atoms with E-state index in [1.165, 1.54) is 0 Å². The Kier molecular flexibility index (Phi) is 5.68. The fourth-order valence-corrected chi connectivity index (χ4v) is 2.56. The van der Waals surface area contributed by atoms with Crippen molar-refractivity contribution in [1.29, 1.82) is 0 Å². The fourth-order valence-electron chi connectivity index (χ4n) is 2.56. The number of hydrogen-bond donors (Lipinski definition) is 0. The highest BCUT2D eigenvalue weighted by molar-refractivity contribution is 5.31. The lowest BCUT2D eigenvalue weighted by Crippen LogP contribution is -2.46. The summed E-state index contributed by atoms with van der Waals surface area (Å²) in [5.41, 5.74) is 0. The van der Waals surface area contributed by atoms with Crippen LogP contribution in [0.15, 0.2) is 24.3 Å². The van der Waals surface area contributed by atoms with Gasteiger partial charge in [-0.2, -0.15) is 0 Å². The summed E-state index contributed by atoms with van der Waals surface area (Å²) in [5, 5.41) is 0. The van der Waals surface area contributed by atoms with E-state index in [1.54, 1.807) is 0 Å². The van der Waals surface area contributed by atoms with Gasteiger partial charge in [-0.3, -0.25) is 4.90 Å². The van der Waals surface area contributed by atoms with Crippen LogP contribution in [0.3, 0.4) is 0 Å². The van der Waals surface area contributed by atoms with Crippen molar-refractivity contribution in [1.82, 2.24) is 4.90 Å². The van der Waals surface area contributed by atoms with Crippen molar-refractivity contribution in [2.45, 2.75) is 33.0 Å². The highest BCUT2D eigenvalue weighted by atomic mass is 16.5. The Balaban J connectivity index is 1.72. The lowest BCUT2D eigenvalue weighted by Gasteiger charge is -2.35. The first-order valence-corrected chi connectivity index (χ1v) is 7.41. The van der Waals surface area contributed by atoms with E-state index in [0.717, 1.165) is 31.1 Å². The topological polar surface area (TPSA) is 30.9 Å². The molecule has 0 spiro atoms. The molecule has 1 aliphatic heterocycles. The van der Waals surface area contributed by atoms with E-state index in [4.69, 9.17) is 14.2 Å². The number of benzene rings is 1. The highest BCUT2D eigenvalue weighted by Crippen LogP contribution is 2.17. The summed E-state index contributed by atoms with van der Waals surface area (Å²) in [4.78, 5) is 2.40. The predicted molar refractivity (Wildman–Crippen MR) is 79.6 cm³/mol. The van der Waals surface area contributed by atoms with E-state index in [2.05, 4.69) is 18.7 Å². The van der Waals surface area contributed by atoms with Gasteiger partial charge in [0.1, 0.15) is 18.1 Å². The molecular weight excluding hydrogens is 254 g/mol. The minimum atomic E-state index is 0.309. The molecule has 2 atom stereocenters. The predicted octanol–water partition coefficient (Wildman–Crippen LogP) is 2.57. The third-order valence-electron chi connectivity index (χ3n) is 3.31. The van der Waals surface area contributed by atoms with Crippen LogP contribution in [0.2, 0.25) is 0 Å². The average molecular weight is 279 g/mol. The van der Waals surface area contributed by atoms with Gasteiger partial charge in [-0.15, -0.1) is 0 Å². The van der Waals surface area contributed by atoms with Crippen LogP contribution in [0.4, 0.5) is 0 Å². The molecule has 20 heavy (non-hydrogen) atoms. The lowest BCUT2D eigenvalue weighted by molar-refractivity contribution is -0.0699. The Morgan fingerprint density at radius 2 is 1.60 bits per heavy atom. The fraction of sp³-hybridized carbons (Fsp3) is 0.625. The van der Waals surface area contributed by atoms with Crippen molar-refractivity contribution in [3.8, 4) is 11.5 Å². The molecule has 1 aromatic rings. The van der Waals surface area contributed by atoms with Gasteiger partial charge >= 0.3 is 0 Å². The number of rotatable bonds is 6. The molecule has 0 amide bonds. The molecule has 1 aromatic carbocycles. The molecule has 0 bridgehead atoms. The first-order chi connectivity index (χ1) is 9.67. The largest absolute Gasteiger partial charge is 0.494 e. The molecule has 1 saturated heterocycles. The Labute approximate surface area is 121 Å². The first kappa shape index (κ1) is 15.1. The first-order valence-electron chi connectivity index (χ1n) is 7.41. The van der Waals surface area contributed by atoms with Gasteiger partial charge in [0.15, 0.2) is 0 Å². The molecule has 112 valence electrons. The van der Waals surface area contributed by atoms with Crippen molar-refractivity contribution < 1.29 is 14.2 Å². The van der Waals surface area contributed by atoms with E-state index < -0.39 is 0 Å². The Bertz CT molecular complexity index is 383. The molecule has 4 heteroatoms. The third-order valence-corrected chi connectivity index (χ3v) is 3.31. The Morgan fingerprint density at radius 1 is 1.05 bits per heavy atom. The smallest absolute Gasteiger partial charge is 0.119 e. The van der Waals surface area contributed by atoms with E-state index in [9.17, 15) is 0 Å². The summed E-state index contributed by atoms with van der Waals surface area (Å²) >= 11 is 0. The van der Waals surface area contributed by atoms with Crippen molar-refractivity contribution in [3.63, 3.8) is 0 Å². The lowest BCUT2D eigenvalue weighted by atomic mass is 10.2. The van der Waals surface area contributed by atoms with Crippen LogP contribution >= 0.6 is 0 Å². The van der Waals surface area contributed by atoms with Gasteiger partial charge in [0, 0.05) is 19.6 Å². The molecular formula is C16H25NO3. The Morgan fingerprint density at radius 3 is 2.15 bits per heavy atom. The highest BCUT2D eigenvalue weighted by Gasteiger charge is 2.21. The second-order valence-corrected chi connectivity index (χ2v) is 5.27. The summed E-state index contributed by atoms with van der Waals surface area (Å²) in [6.45, 7) is 10.5. The molecule has 2 unspecified atom stereocenters. The van der Waals surface area contributed by atoms with E-state index in [1.807, 2.05) is 31.2 Å². The van der Waals surface area contributed by atoms with Crippen LogP contribution < -0.4 is 9.47 Å². The summed E-state index contributed by atoms with van der Waals surface area (Å²) in [5.74, 6) is 1.78. The normalized spacial score (nSPS) is 23.6. The molecule has 0 saturated carbocycles. The van der Waals surface area contributed by atoms with Gasteiger partial charge in [-0.25, -0.2) is 0 Å². The molecule has 1 aliphatic rings. The summed E-state index contributed by atoms with van der Waals surface area (Å²) in [7, 11) is 0. The van der Waals surface area contributed by atoms with E-state index in [-0.39, 0.29) is 0 Å². The van der Waals surface area contributed by atoms with Crippen molar-refractivity contribution in [2.75, 3.05) is 32.8 Å². The second kappa shape index (κ2) is 7.50. The van der Waals surface area contributed by atoms with Gasteiger partial charge in [-0.1, -0.05) is 0 Å². The number of nitrogens with zero attached hydrogens (tertiary/aromatic N) is 1. The molecule has 4 nitrogen and oxygen atoms in total. The minimum absolute atomic E-state index is 0.309. The molecule has 0 radical (unpaired) electrons. The van der Waals surface area contributed by atoms with Gasteiger partial charge in [0.2, 0.25) is 0 Å². The van der Waals surface area contributed by atoms with Crippen LogP contribution in [0.25, 0.3) is 0 Å². The summed E-state index contributed by atoms with van der Waals surface area (Å²) < 4.78 is 16.9. The van der Waals surface area contributed by atoms with E-state index >= 15 is 0 Å². The maximum absolute atomic E-state index is 5.77. The summed E-state index contributed by atoms with van der Waals surface area (Å²) in [6, 6.07) is 7.79. The van der Waals surface area contributed by atoms with Crippen molar-refractivity contribution in [2.24, 2.45) is 0 Å². The molecule has 0 aliphatic carbocycles. The molecule has 0 aromatic heterocycles. The monoisotopic (exact) mass is 279 g/mol. The second-order valence-electron chi connectivity index (χ2n) is 5.27. The number of morpholine rings is 1. The van der Waals surface area contributed by atoms with Gasteiger partial charge in [0.25, 0.3) is 0 Å². The quantitative estimate of drug-likeness (QED) is 0.801. The minimum Gasteiger partial charge on any atom is -0.494 e. The van der Waals surface area contributed by atoms with Crippen molar-refractivity contribution >= 4 is 0 Å². The van der Waals surface area contributed by atoms with Crippen LogP contribution in [0.5, 0.6) is 11.5 Å². The molecule has 2 rings (SSSR count). The zero-order valence-corrected chi connectivity index (χ0v) is 12.7. The van der Waals surface area contributed by atoms with Crippen LogP contribution in [0.1, 0.15) is 20.8 Å². The SMILES string of the molecule is CCOc1ccc(OCCN2CC(C)OC(C)C2)cc1. The number of hydrogen-bond acceptors (Lipinski definition) is 4. The molecule has 1 heterocycles. The third kappa shape index (κ3) is 4.69. The Hall–Kier alpha value is -1.26. The standard InChI is InChI=1S/C16H25NO3/c1-4-18-15-5-7-16(8-6-15)19-10-9-17-11-13(2)20-14(3)12-17/h5-8,13-14H,4,9-12H2,1-3H3. The van der Waals surface area contributed by atoms with Gasteiger partial charge < -0.3 is 14.2 Å². The average Bonchev–Trinajstić information content (AvgIpc) is 2.40. The van der Waals surface area contributed by atoms with Gasteiger partial charge in [0.05, 0.1) is 18.8 Å². The van der Waals surface area contributed by atoms with Crippen LogP contribution in [-0.2, 0) is 4.74 Å². The number of ether oxygens (including phenoxy) is 3. The zero-order chi connectivity index (χ0) is 14.4. The maximum Gasteiger partial charge on any atom is 0.119 e.